The van der Waals surface area contributed by atoms with Gasteiger partial charge >= 0.3 is 0 Å². The normalized spacial score (nSPS) is 15.8. The van der Waals surface area contributed by atoms with E-state index in [1.165, 1.54) is 28.2 Å². The highest BCUT2D eigenvalue weighted by Gasteiger charge is 2.27. The van der Waals surface area contributed by atoms with Crippen LogP contribution in [0.1, 0.15) is 49.1 Å². The Morgan fingerprint density at radius 2 is 1.71 bits per heavy atom. The van der Waals surface area contributed by atoms with Gasteiger partial charge in [0.15, 0.2) is 0 Å². The fraction of sp³-hybridized carbons (Fsp3) is 0.483. The lowest BCUT2D eigenvalue weighted by Gasteiger charge is -2.35. The molecule has 1 atom stereocenters. The maximum atomic E-state index is 5.19. The molecule has 0 bridgehead atoms. The number of hydrogen-bond acceptors (Lipinski definition) is 4. The zero-order valence-corrected chi connectivity index (χ0v) is 21.7. The minimum absolute atomic E-state index is 0.491. The lowest BCUT2D eigenvalue weighted by Crippen LogP contribution is -2.45. The highest BCUT2D eigenvalue weighted by molar-refractivity contribution is 5.56. The number of hydrogen-bond donors (Lipinski definition) is 0. The second-order valence-electron chi connectivity index (χ2n) is 9.78. The van der Waals surface area contributed by atoms with Gasteiger partial charge in [-0.05, 0) is 56.1 Å². The number of nitrogens with zero attached hydrogens (tertiary/aromatic N) is 5. The summed E-state index contributed by atoms with van der Waals surface area (Å²) in [4.78, 5) is 7.58. The molecule has 1 aliphatic rings. The predicted octanol–water partition coefficient (Wildman–Crippen LogP) is 5.12. The van der Waals surface area contributed by atoms with Gasteiger partial charge in [-0.1, -0.05) is 63.2 Å². The molecular formula is C29H41N5. The Morgan fingerprint density at radius 3 is 2.35 bits per heavy atom. The third kappa shape index (κ3) is 5.53. The van der Waals surface area contributed by atoms with Crippen molar-refractivity contribution >= 4 is 5.82 Å². The zero-order chi connectivity index (χ0) is 24.1. The van der Waals surface area contributed by atoms with Gasteiger partial charge in [0.25, 0.3) is 0 Å². The molecule has 5 nitrogen and oxygen atoms in total. The summed E-state index contributed by atoms with van der Waals surface area (Å²) in [7, 11) is 2.22. The summed E-state index contributed by atoms with van der Waals surface area (Å²) in [6.45, 7) is 16.3. The van der Waals surface area contributed by atoms with Crippen LogP contribution in [0.15, 0.2) is 54.6 Å². The van der Waals surface area contributed by atoms with Gasteiger partial charge in [-0.15, -0.1) is 0 Å². The number of anilines is 1. The van der Waals surface area contributed by atoms with Crippen molar-refractivity contribution in [3.05, 3.63) is 77.0 Å². The Bertz CT molecular complexity index is 1050. The number of likely N-dealkylation sites (N-methyl/N-ethyl adjacent to an activating group) is 2. The molecule has 34 heavy (non-hydrogen) atoms. The molecule has 0 spiro atoms. The average Bonchev–Trinajstić information content (AvgIpc) is 3.22. The van der Waals surface area contributed by atoms with E-state index in [1.807, 2.05) is 0 Å². The van der Waals surface area contributed by atoms with E-state index in [-0.39, 0.29) is 0 Å². The molecule has 0 saturated carbocycles. The minimum Gasteiger partial charge on any atom is -0.354 e. The minimum atomic E-state index is 0.491. The van der Waals surface area contributed by atoms with Crippen LogP contribution in [0.5, 0.6) is 0 Å². The van der Waals surface area contributed by atoms with Crippen LogP contribution < -0.4 is 4.90 Å². The second-order valence-corrected chi connectivity index (χ2v) is 9.78. The second kappa shape index (κ2) is 11.2. The third-order valence-electron chi connectivity index (χ3n) is 7.15. The van der Waals surface area contributed by atoms with E-state index in [4.69, 9.17) is 5.10 Å². The molecular weight excluding hydrogens is 418 g/mol. The first-order chi connectivity index (χ1) is 16.5. The Kier molecular flexibility index (Phi) is 8.07. The lowest BCUT2D eigenvalue weighted by molar-refractivity contribution is 0.264. The molecule has 182 valence electrons. The van der Waals surface area contributed by atoms with Crippen LogP contribution in [0.4, 0.5) is 5.82 Å². The largest absolute Gasteiger partial charge is 0.354 e. The first-order valence-electron chi connectivity index (χ1n) is 12.9. The van der Waals surface area contributed by atoms with Crippen molar-refractivity contribution in [1.29, 1.82) is 0 Å². The van der Waals surface area contributed by atoms with Gasteiger partial charge in [-0.25, -0.2) is 4.68 Å². The van der Waals surface area contributed by atoms with Crippen molar-refractivity contribution in [3.8, 4) is 5.69 Å². The fourth-order valence-corrected chi connectivity index (χ4v) is 5.02. The first kappa shape index (κ1) is 24.5. The van der Waals surface area contributed by atoms with Gasteiger partial charge in [0.1, 0.15) is 5.82 Å². The van der Waals surface area contributed by atoms with Crippen molar-refractivity contribution in [3.63, 3.8) is 0 Å². The lowest BCUT2D eigenvalue weighted by atomic mass is 10.0. The van der Waals surface area contributed by atoms with Crippen molar-refractivity contribution in [1.82, 2.24) is 19.6 Å². The zero-order valence-electron chi connectivity index (χ0n) is 21.7. The van der Waals surface area contributed by atoms with E-state index < -0.39 is 0 Å². The molecule has 4 rings (SSSR count). The van der Waals surface area contributed by atoms with Crippen molar-refractivity contribution in [2.24, 2.45) is 0 Å². The molecule has 1 saturated heterocycles. The Hall–Kier alpha value is -2.63. The Balaban J connectivity index is 1.69. The van der Waals surface area contributed by atoms with Crippen LogP contribution >= 0.6 is 0 Å². The average molecular weight is 460 g/mol. The van der Waals surface area contributed by atoms with E-state index in [0.717, 1.165) is 57.9 Å². The number of piperazine rings is 1. The summed E-state index contributed by atoms with van der Waals surface area (Å²) < 4.78 is 2.22. The van der Waals surface area contributed by atoms with Gasteiger partial charge in [-0.3, -0.25) is 4.90 Å². The summed E-state index contributed by atoms with van der Waals surface area (Å²) in [6.07, 6.45) is 0.945. The molecule has 1 aliphatic heterocycles. The standard InChI is InChI=1S/C29H41N5/c1-6-28-27(22-32(7-2)21-24(4)25-13-9-8-10-14-25)29(33-18-16-31(5)17-19-33)34(30-28)26-15-11-12-23(3)20-26/h8-15,20,24H,6-7,16-19,21-22H2,1-5H3/t24-/m0/s1. The molecule has 2 aromatic carbocycles. The van der Waals surface area contributed by atoms with E-state index in [9.17, 15) is 0 Å². The van der Waals surface area contributed by atoms with Crippen LogP contribution in [0.3, 0.4) is 0 Å². The summed E-state index contributed by atoms with van der Waals surface area (Å²) in [5.74, 6) is 1.78. The first-order valence-corrected chi connectivity index (χ1v) is 12.9. The maximum absolute atomic E-state index is 5.19. The summed E-state index contributed by atoms with van der Waals surface area (Å²) in [5.41, 5.74) is 6.46. The number of aryl methyl sites for hydroxylation is 2. The molecule has 0 aliphatic carbocycles. The van der Waals surface area contributed by atoms with Gasteiger partial charge in [0, 0.05) is 44.8 Å². The summed E-state index contributed by atoms with van der Waals surface area (Å²) in [5, 5.41) is 5.19. The van der Waals surface area contributed by atoms with E-state index in [1.54, 1.807) is 0 Å². The van der Waals surface area contributed by atoms with Gasteiger partial charge in [0.05, 0.1) is 11.4 Å². The van der Waals surface area contributed by atoms with E-state index >= 15 is 0 Å². The quantitative estimate of drug-likeness (QED) is 0.444. The van der Waals surface area contributed by atoms with E-state index in [2.05, 4.69) is 109 Å². The molecule has 0 N–H and O–H groups in total. The Morgan fingerprint density at radius 1 is 0.971 bits per heavy atom. The van der Waals surface area contributed by atoms with Crippen molar-refractivity contribution in [2.45, 2.75) is 46.6 Å². The summed E-state index contributed by atoms with van der Waals surface area (Å²) in [6, 6.07) is 19.7. The molecule has 3 aromatic rings. The highest BCUT2D eigenvalue weighted by atomic mass is 15.4. The van der Waals surface area contributed by atoms with E-state index in [0.29, 0.717) is 5.92 Å². The smallest absolute Gasteiger partial charge is 0.137 e. The molecule has 1 fully saturated rings. The predicted molar refractivity (Wildman–Crippen MR) is 143 cm³/mol. The highest BCUT2D eigenvalue weighted by Crippen LogP contribution is 2.31. The van der Waals surface area contributed by atoms with Gasteiger partial charge in [-0.2, -0.15) is 5.10 Å². The molecule has 1 aromatic heterocycles. The number of rotatable bonds is 9. The summed E-state index contributed by atoms with van der Waals surface area (Å²) >= 11 is 0. The van der Waals surface area contributed by atoms with Crippen LogP contribution in [0.2, 0.25) is 0 Å². The van der Waals surface area contributed by atoms with Crippen LogP contribution in [-0.4, -0.2) is 65.9 Å². The maximum Gasteiger partial charge on any atom is 0.137 e. The van der Waals surface area contributed by atoms with Crippen molar-refractivity contribution < 1.29 is 0 Å². The molecule has 0 unspecified atom stereocenters. The molecule has 2 heterocycles. The molecule has 0 amide bonds. The third-order valence-corrected chi connectivity index (χ3v) is 7.15. The Labute approximate surface area is 206 Å². The molecule has 5 heteroatoms. The topological polar surface area (TPSA) is 27.5 Å². The van der Waals surface area contributed by atoms with Crippen LogP contribution in [0, 0.1) is 6.92 Å². The molecule has 0 radical (unpaired) electrons. The van der Waals surface area contributed by atoms with Crippen LogP contribution in [0.25, 0.3) is 5.69 Å². The number of benzene rings is 2. The van der Waals surface area contributed by atoms with Crippen molar-refractivity contribution in [2.75, 3.05) is 51.2 Å². The van der Waals surface area contributed by atoms with Gasteiger partial charge < -0.3 is 9.80 Å². The fourth-order valence-electron chi connectivity index (χ4n) is 5.02. The SMILES string of the molecule is CCc1nn(-c2cccc(C)c2)c(N2CCN(C)CC2)c1CN(CC)C[C@H](C)c1ccccc1. The number of aromatic nitrogens is 2. The monoisotopic (exact) mass is 459 g/mol. The van der Waals surface area contributed by atoms with Crippen LogP contribution in [-0.2, 0) is 13.0 Å². The van der Waals surface area contributed by atoms with Gasteiger partial charge in [0.2, 0.25) is 0 Å².